The molecule has 0 bridgehead atoms. The fraction of sp³-hybridized carbons (Fsp3) is 0.357. The van der Waals surface area contributed by atoms with Crippen LogP contribution in [0.25, 0.3) is 0 Å². The molecule has 0 saturated heterocycles. The minimum absolute atomic E-state index is 0.220. The molecule has 114 valence electrons. The lowest BCUT2D eigenvalue weighted by atomic mass is 10.3. The van der Waals surface area contributed by atoms with Gasteiger partial charge in [-0.25, -0.2) is 8.42 Å². The number of hydrogen-bond donors (Lipinski definition) is 3. The van der Waals surface area contributed by atoms with Crippen LogP contribution in [0.4, 0.5) is 5.69 Å². The second-order valence-electron chi connectivity index (χ2n) is 5.19. The van der Waals surface area contributed by atoms with Gasteiger partial charge in [-0.2, -0.15) is 0 Å². The van der Waals surface area contributed by atoms with Crippen molar-refractivity contribution in [1.29, 1.82) is 0 Å². The number of aromatic amines is 1. The number of rotatable bonds is 6. The summed E-state index contributed by atoms with van der Waals surface area (Å²) in [5.41, 5.74) is 2.09. The minimum atomic E-state index is -3.58. The monoisotopic (exact) mass is 308 g/mol. The van der Waals surface area contributed by atoms with Crippen LogP contribution in [0.2, 0.25) is 0 Å². The third-order valence-corrected chi connectivity index (χ3v) is 4.24. The summed E-state index contributed by atoms with van der Waals surface area (Å²) >= 11 is 0. The first-order valence-corrected chi connectivity index (χ1v) is 8.21. The molecule has 2 aromatic rings. The van der Waals surface area contributed by atoms with Crippen molar-refractivity contribution in [3.05, 3.63) is 42.0 Å². The largest absolute Gasteiger partial charge is 0.363 e. The number of pyridine rings is 1. The van der Waals surface area contributed by atoms with Gasteiger partial charge in [0.25, 0.3) is 10.0 Å². The Morgan fingerprint density at radius 3 is 2.76 bits per heavy atom. The molecule has 0 aromatic carbocycles. The third-order valence-electron chi connectivity index (χ3n) is 2.88. The number of H-pyrrole nitrogens is 1. The zero-order valence-electron chi connectivity index (χ0n) is 12.3. The van der Waals surface area contributed by atoms with E-state index in [-0.39, 0.29) is 4.90 Å². The zero-order valence-corrected chi connectivity index (χ0v) is 13.2. The van der Waals surface area contributed by atoms with Gasteiger partial charge < -0.3 is 10.3 Å². The lowest BCUT2D eigenvalue weighted by Crippen LogP contribution is -2.21. The molecule has 0 atom stereocenters. The smallest absolute Gasteiger partial charge is 0.263 e. The van der Waals surface area contributed by atoms with Gasteiger partial charge in [0.1, 0.15) is 4.90 Å². The van der Waals surface area contributed by atoms with E-state index in [4.69, 9.17) is 0 Å². The van der Waals surface area contributed by atoms with Gasteiger partial charge in [0, 0.05) is 36.4 Å². The first-order chi connectivity index (χ1) is 9.87. The predicted molar refractivity (Wildman–Crippen MR) is 82.6 cm³/mol. The Balaban J connectivity index is 2.12. The van der Waals surface area contributed by atoms with Crippen molar-refractivity contribution in [1.82, 2.24) is 15.3 Å². The first-order valence-electron chi connectivity index (χ1n) is 6.73. The molecule has 2 rings (SSSR count). The van der Waals surface area contributed by atoms with Gasteiger partial charge in [0.2, 0.25) is 0 Å². The Morgan fingerprint density at radius 2 is 2.10 bits per heavy atom. The molecule has 0 saturated carbocycles. The van der Waals surface area contributed by atoms with E-state index in [9.17, 15) is 8.42 Å². The minimum Gasteiger partial charge on any atom is -0.363 e. The average molecular weight is 308 g/mol. The molecule has 21 heavy (non-hydrogen) atoms. The molecule has 0 aliphatic carbocycles. The van der Waals surface area contributed by atoms with Gasteiger partial charge in [0.05, 0.1) is 5.69 Å². The van der Waals surface area contributed by atoms with Crippen molar-refractivity contribution in [2.45, 2.75) is 38.3 Å². The molecule has 0 unspecified atom stereocenters. The van der Waals surface area contributed by atoms with E-state index in [2.05, 4.69) is 20.0 Å². The molecule has 0 fully saturated rings. The van der Waals surface area contributed by atoms with E-state index in [1.165, 1.54) is 6.20 Å². The number of hydrogen-bond acceptors (Lipinski definition) is 4. The Kier molecular flexibility index (Phi) is 4.64. The van der Waals surface area contributed by atoms with Crippen LogP contribution >= 0.6 is 0 Å². The summed E-state index contributed by atoms with van der Waals surface area (Å²) < 4.78 is 27.1. The van der Waals surface area contributed by atoms with Crippen LogP contribution in [0.3, 0.4) is 0 Å². The van der Waals surface area contributed by atoms with E-state index in [1.807, 2.05) is 20.8 Å². The van der Waals surface area contributed by atoms with E-state index in [0.717, 1.165) is 11.4 Å². The molecule has 3 N–H and O–H groups in total. The van der Waals surface area contributed by atoms with Gasteiger partial charge in [0.15, 0.2) is 0 Å². The van der Waals surface area contributed by atoms with Gasteiger partial charge >= 0.3 is 0 Å². The molecule has 2 aromatic heterocycles. The van der Waals surface area contributed by atoms with Crippen molar-refractivity contribution in [3.8, 4) is 0 Å². The number of nitrogens with one attached hydrogen (secondary N) is 3. The van der Waals surface area contributed by atoms with Crippen LogP contribution in [0, 0.1) is 6.92 Å². The maximum absolute atomic E-state index is 12.3. The van der Waals surface area contributed by atoms with E-state index >= 15 is 0 Å². The topological polar surface area (TPSA) is 86.9 Å². The van der Waals surface area contributed by atoms with Crippen LogP contribution in [0.15, 0.2) is 35.5 Å². The fourth-order valence-electron chi connectivity index (χ4n) is 1.81. The SMILES string of the molecule is Cc1cc(NS(=O)(=O)c2c[nH]c(CNC(C)C)c2)ccn1. The highest BCUT2D eigenvalue weighted by Gasteiger charge is 2.16. The Bertz CT molecular complexity index is 707. The van der Waals surface area contributed by atoms with Crippen molar-refractivity contribution in [3.63, 3.8) is 0 Å². The molecule has 0 amide bonds. The van der Waals surface area contributed by atoms with Gasteiger partial charge in [-0.15, -0.1) is 0 Å². The fourth-order valence-corrected chi connectivity index (χ4v) is 2.88. The maximum atomic E-state index is 12.3. The van der Waals surface area contributed by atoms with Gasteiger partial charge in [-0.3, -0.25) is 9.71 Å². The van der Waals surface area contributed by atoms with Gasteiger partial charge in [-0.05, 0) is 25.1 Å². The number of aryl methyl sites for hydroxylation is 1. The Labute approximate surface area is 125 Å². The third kappa shape index (κ3) is 4.30. The second-order valence-corrected chi connectivity index (χ2v) is 6.87. The summed E-state index contributed by atoms with van der Waals surface area (Å²) in [6.45, 7) is 6.48. The second kappa shape index (κ2) is 6.28. The maximum Gasteiger partial charge on any atom is 0.263 e. The standard InChI is InChI=1S/C14H20N4O2S/c1-10(2)16-8-13-7-14(9-17-13)21(19,20)18-12-4-5-15-11(3)6-12/h4-7,9-10,16-17H,8H2,1-3H3,(H,15,18). The van der Waals surface area contributed by atoms with Crippen molar-refractivity contribution < 1.29 is 8.42 Å². The van der Waals surface area contributed by atoms with Gasteiger partial charge in [-0.1, -0.05) is 13.8 Å². The highest BCUT2D eigenvalue weighted by atomic mass is 32.2. The molecular formula is C14H20N4O2S. The summed E-state index contributed by atoms with van der Waals surface area (Å²) in [6.07, 6.45) is 3.07. The zero-order chi connectivity index (χ0) is 15.5. The molecule has 0 aliphatic heterocycles. The summed E-state index contributed by atoms with van der Waals surface area (Å²) in [7, 11) is -3.58. The number of nitrogens with zero attached hydrogens (tertiary/aromatic N) is 1. The summed E-state index contributed by atoms with van der Waals surface area (Å²) in [6, 6.07) is 5.28. The molecule has 2 heterocycles. The number of anilines is 1. The van der Waals surface area contributed by atoms with E-state index < -0.39 is 10.0 Å². The molecule has 0 spiro atoms. The number of aromatic nitrogens is 2. The van der Waals surface area contributed by atoms with Crippen LogP contribution in [0.5, 0.6) is 0 Å². The summed E-state index contributed by atoms with van der Waals surface area (Å²) in [5, 5.41) is 3.23. The average Bonchev–Trinajstić information content (AvgIpc) is 2.85. The molecule has 7 heteroatoms. The Morgan fingerprint density at radius 1 is 1.33 bits per heavy atom. The van der Waals surface area contributed by atoms with Crippen LogP contribution < -0.4 is 10.0 Å². The van der Waals surface area contributed by atoms with Crippen LogP contribution in [-0.4, -0.2) is 24.4 Å². The highest BCUT2D eigenvalue weighted by molar-refractivity contribution is 7.92. The molecule has 0 radical (unpaired) electrons. The first kappa shape index (κ1) is 15.5. The highest BCUT2D eigenvalue weighted by Crippen LogP contribution is 2.17. The summed E-state index contributed by atoms with van der Waals surface area (Å²) in [4.78, 5) is 7.23. The van der Waals surface area contributed by atoms with Crippen LogP contribution in [-0.2, 0) is 16.6 Å². The quantitative estimate of drug-likeness (QED) is 0.762. The Hall–Kier alpha value is -1.86. The summed E-state index contributed by atoms with van der Waals surface area (Å²) in [5.74, 6) is 0. The van der Waals surface area contributed by atoms with E-state index in [0.29, 0.717) is 18.3 Å². The molecular weight excluding hydrogens is 288 g/mol. The predicted octanol–water partition coefficient (Wildman–Crippen LogP) is 2.02. The lowest BCUT2D eigenvalue weighted by Gasteiger charge is -2.07. The van der Waals surface area contributed by atoms with Crippen molar-refractivity contribution in [2.75, 3.05) is 4.72 Å². The van der Waals surface area contributed by atoms with Crippen molar-refractivity contribution >= 4 is 15.7 Å². The number of sulfonamides is 1. The van der Waals surface area contributed by atoms with Crippen molar-refractivity contribution in [2.24, 2.45) is 0 Å². The molecule has 6 nitrogen and oxygen atoms in total. The van der Waals surface area contributed by atoms with Crippen LogP contribution in [0.1, 0.15) is 25.2 Å². The van der Waals surface area contributed by atoms with E-state index in [1.54, 1.807) is 24.4 Å². The lowest BCUT2D eigenvalue weighted by molar-refractivity contribution is 0.582. The molecule has 0 aliphatic rings. The normalized spacial score (nSPS) is 11.8.